The van der Waals surface area contributed by atoms with Crippen LogP contribution in [0.2, 0.25) is 0 Å². The second kappa shape index (κ2) is 8.23. The van der Waals surface area contributed by atoms with E-state index in [2.05, 4.69) is 19.1 Å². The Labute approximate surface area is 161 Å². The normalized spacial score (nSPS) is 15.0. The van der Waals surface area contributed by atoms with Gasteiger partial charge in [0.1, 0.15) is 0 Å². The fourth-order valence-corrected chi connectivity index (χ4v) is 4.81. The first kappa shape index (κ1) is 19.6. The zero-order valence-electron chi connectivity index (χ0n) is 15.9. The van der Waals surface area contributed by atoms with Gasteiger partial charge in [-0.05, 0) is 54.7 Å². The average molecular weight is 387 g/mol. The van der Waals surface area contributed by atoms with E-state index in [-0.39, 0.29) is 10.8 Å². The number of hydrogen-bond acceptors (Lipinski definition) is 3. The zero-order chi connectivity index (χ0) is 19.4. The Kier molecular flexibility index (Phi) is 5.97. The highest BCUT2D eigenvalue weighted by Crippen LogP contribution is 2.21. The molecule has 1 aliphatic heterocycles. The quantitative estimate of drug-likeness (QED) is 0.765. The summed E-state index contributed by atoms with van der Waals surface area (Å²) in [6.45, 7) is 3.76. The average Bonchev–Trinajstić information content (AvgIpc) is 3.24. The van der Waals surface area contributed by atoms with Gasteiger partial charge in [-0.1, -0.05) is 31.2 Å². The van der Waals surface area contributed by atoms with Gasteiger partial charge < -0.3 is 4.90 Å². The van der Waals surface area contributed by atoms with Crippen molar-refractivity contribution in [3.05, 3.63) is 65.2 Å². The molecule has 1 heterocycles. The number of carbonyl (C=O) groups excluding carboxylic acids is 1. The summed E-state index contributed by atoms with van der Waals surface area (Å²) in [6.07, 6.45) is 2.79. The number of aryl methyl sites for hydroxylation is 1. The molecule has 2 aromatic carbocycles. The summed E-state index contributed by atoms with van der Waals surface area (Å²) in [7, 11) is -1.69. The second-order valence-electron chi connectivity index (χ2n) is 6.97. The van der Waals surface area contributed by atoms with Gasteiger partial charge in [0.2, 0.25) is 10.0 Å². The standard InChI is InChI=1S/C21H26N2O3S/c1-3-17-6-8-18(9-7-17)16-22(2)21(24)19-10-12-20(13-11-19)27(25,26)23-14-4-5-15-23/h6-13H,3-5,14-16H2,1-2H3. The number of sulfonamides is 1. The fourth-order valence-electron chi connectivity index (χ4n) is 3.29. The molecule has 6 heteroatoms. The molecular formula is C21H26N2O3S. The minimum Gasteiger partial charge on any atom is -0.337 e. The van der Waals surface area contributed by atoms with E-state index >= 15 is 0 Å². The van der Waals surface area contributed by atoms with E-state index < -0.39 is 10.0 Å². The molecular weight excluding hydrogens is 360 g/mol. The maximum Gasteiger partial charge on any atom is 0.253 e. The Balaban J connectivity index is 1.69. The fraction of sp³-hybridized carbons (Fsp3) is 0.381. The smallest absolute Gasteiger partial charge is 0.253 e. The van der Waals surface area contributed by atoms with Gasteiger partial charge in [0.15, 0.2) is 0 Å². The van der Waals surface area contributed by atoms with Crippen LogP contribution in [0, 0.1) is 0 Å². The predicted octanol–water partition coefficient (Wildman–Crippen LogP) is 3.31. The Hall–Kier alpha value is -2.18. The number of rotatable bonds is 6. The second-order valence-corrected chi connectivity index (χ2v) is 8.90. The molecule has 0 saturated carbocycles. The molecule has 0 radical (unpaired) electrons. The summed E-state index contributed by atoms with van der Waals surface area (Å²) in [6, 6.07) is 14.5. The maximum absolute atomic E-state index is 12.7. The van der Waals surface area contributed by atoms with Gasteiger partial charge in [0, 0.05) is 32.2 Å². The van der Waals surface area contributed by atoms with Crippen LogP contribution in [-0.4, -0.2) is 43.7 Å². The third-order valence-electron chi connectivity index (χ3n) is 5.00. The minimum absolute atomic E-state index is 0.125. The van der Waals surface area contributed by atoms with E-state index in [1.807, 2.05) is 12.1 Å². The number of carbonyl (C=O) groups is 1. The molecule has 1 saturated heterocycles. The summed E-state index contributed by atoms with van der Waals surface area (Å²) in [5.41, 5.74) is 2.82. The lowest BCUT2D eigenvalue weighted by Crippen LogP contribution is -2.28. The molecule has 5 nitrogen and oxygen atoms in total. The van der Waals surface area contributed by atoms with Crippen molar-refractivity contribution in [3.8, 4) is 0 Å². The van der Waals surface area contributed by atoms with Crippen LogP contribution < -0.4 is 0 Å². The van der Waals surface area contributed by atoms with E-state index in [0.717, 1.165) is 24.8 Å². The van der Waals surface area contributed by atoms with Gasteiger partial charge in [0.05, 0.1) is 4.90 Å². The van der Waals surface area contributed by atoms with Crippen LogP contribution in [0.1, 0.15) is 41.3 Å². The largest absolute Gasteiger partial charge is 0.337 e. The van der Waals surface area contributed by atoms with Crippen LogP contribution in [0.3, 0.4) is 0 Å². The van der Waals surface area contributed by atoms with Crippen LogP contribution >= 0.6 is 0 Å². The van der Waals surface area contributed by atoms with Crippen LogP contribution in [0.4, 0.5) is 0 Å². The van der Waals surface area contributed by atoms with E-state index in [4.69, 9.17) is 0 Å². The van der Waals surface area contributed by atoms with Crippen molar-refractivity contribution in [2.75, 3.05) is 20.1 Å². The molecule has 1 fully saturated rings. The van der Waals surface area contributed by atoms with E-state index in [0.29, 0.717) is 25.2 Å². The van der Waals surface area contributed by atoms with Crippen molar-refractivity contribution < 1.29 is 13.2 Å². The molecule has 0 spiro atoms. The molecule has 0 N–H and O–H groups in total. The van der Waals surface area contributed by atoms with E-state index in [9.17, 15) is 13.2 Å². The Morgan fingerprint density at radius 3 is 2.07 bits per heavy atom. The molecule has 0 aliphatic carbocycles. The third-order valence-corrected chi connectivity index (χ3v) is 6.91. The van der Waals surface area contributed by atoms with Crippen molar-refractivity contribution in [1.82, 2.24) is 9.21 Å². The molecule has 2 aromatic rings. The first-order valence-corrected chi connectivity index (χ1v) is 10.8. The van der Waals surface area contributed by atoms with Gasteiger partial charge >= 0.3 is 0 Å². The first-order valence-electron chi connectivity index (χ1n) is 9.35. The number of nitrogens with zero attached hydrogens (tertiary/aromatic N) is 2. The van der Waals surface area contributed by atoms with Crippen LogP contribution in [-0.2, 0) is 23.0 Å². The van der Waals surface area contributed by atoms with Crippen molar-refractivity contribution in [1.29, 1.82) is 0 Å². The number of amides is 1. The summed E-state index contributed by atoms with van der Waals surface area (Å²) in [5, 5.41) is 0. The molecule has 1 aliphatic rings. The zero-order valence-corrected chi connectivity index (χ0v) is 16.7. The van der Waals surface area contributed by atoms with Gasteiger partial charge in [-0.15, -0.1) is 0 Å². The van der Waals surface area contributed by atoms with E-state index in [1.54, 1.807) is 24.1 Å². The lowest BCUT2D eigenvalue weighted by molar-refractivity contribution is 0.0785. The number of benzene rings is 2. The molecule has 27 heavy (non-hydrogen) atoms. The highest BCUT2D eigenvalue weighted by molar-refractivity contribution is 7.89. The third kappa shape index (κ3) is 4.39. The van der Waals surface area contributed by atoms with Crippen molar-refractivity contribution in [2.24, 2.45) is 0 Å². The highest BCUT2D eigenvalue weighted by atomic mass is 32.2. The monoisotopic (exact) mass is 386 g/mol. The first-order chi connectivity index (χ1) is 12.9. The predicted molar refractivity (Wildman–Crippen MR) is 106 cm³/mol. The van der Waals surface area contributed by atoms with Gasteiger partial charge in [-0.2, -0.15) is 4.31 Å². The van der Waals surface area contributed by atoms with Crippen LogP contribution in [0.15, 0.2) is 53.4 Å². The highest BCUT2D eigenvalue weighted by Gasteiger charge is 2.27. The number of hydrogen-bond donors (Lipinski definition) is 0. The van der Waals surface area contributed by atoms with Crippen molar-refractivity contribution in [2.45, 2.75) is 37.6 Å². The topological polar surface area (TPSA) is 57.7 Å². The van der Waals surface area contributed by atoms with Crippen LogP contribution in [0.5, 0.6) is 0 Å². The molecule has 3 rings (SSSR count). The van der Waals surface area contributed by atoms with Crippen molar-refractivity contribution >= 4 is 15.9 Å². The lowest BCUT2D eigenvalue weighted by Gasteiger charge is -2.18. The molecule has 1 amide bonds. The Morgan fingerprint density at radius 2 is 1.52 bits per heavy atom. The van der Waals surface area contributed by atoms with Gasteiger partial charge in [0.25, 0.3) is 5.91 Å². The molecule has 0 unspecified atom stereocenters. The van der Waals surface area contributed by atoms with E-state index in [1.165, 1.54) is 22.0 Å². The molecule has 144 valence electrons. The summed E-state index contributed by atoms with van der Waals surface area (Å²) >= 11 is 0. The Bertz CT molecular complexity index is 884. The summed E-state index contributed by atoms with van der Waals surface area (Å²) in [5.74, 6) is -0.125. The van der Waals surface area contributed by atoms with Gasteiger partial charge in [-0.3, -0.25) is 4.79 Å². The van der Waals surface area contributed by atoms with Gasteiger partial charge in [-0.25, -0.2) is 8.42 Å². The molecule has 0 bridgehead atoms. The molecule has 0 aromatic heterocycles. The lowest BCUT2D eigenvalue weighted by atomic mass is 10.1. The minimum atomic E-state index is -3.45. The Morgan fingerprint density at radius 1 is 0.963 bits per heavy atom. The summed E-state index contributed by atoms with van der Waals surface area (Å²) in [4.78, 5) is 14.5. The SMILES string of the molecule is CCc1ccc(CN(C)C(=O)c2ccc(S(=O)(=O)N3CCCC3)cc2)cc1. The summed E-state index contributed by atoms with van der Waals surface area (Å²) < 4.78 is 26.7. The maximum atomic E-state index is 12.7. The van der Waals surface area contributed by atoms with Crippen LogP contribution in [0.25, 0.3) is 0 Å². The van der Waals surface area contributed by atoms with Crippen molar-refractivity contribution in [3.63, 3.8) is 0 Å². The molecule has 0 atom stereocenters.